The zero-order valence-corrected chi connectivity index (χ0v) is 15.0. The van der Waals surface area contributed by atoms with Crippen molar-refractivity contribution >= 4 is 21.4 Å². The topological polar surface area (TPSA) is 63.2 Å². The van der Waals surface area contributed by atoms with Gasteiger partial charge in [0.25, 0.3) is 0 Å². The van der Waals surface area contributed by atoms with Crippen LogP contribution in [0.5, 0.6) is 0 Å². The average Bonchev–Trinajstić information content (AvgIpc) is 2.55. The Balaban J connectivity index is 2.07. The van der Waals surface area contributed by atoms with Crippen LogP contribution in [0.1, 0.15) is 37.8 Å². The SMILES string of the molecule is CC(C)c1ccc(CS(=O)(=O)C(C)C(=O)Nc2ccccc2)cc1. The van der Waals surface area contributed by atoms with E-state index in [0.29, 0.717) is 17.2 Å². The average molecular weight is 345 g/mol. The summed E-state index contributed by atoms with van der Waals surface area (Å²) < 4.78 is 25.0. The van der Waals surface area contributed by atoms with E-state index < -0.39 is 21.0 Å². The normalized spacial score (nSPS) is 12.8. The van der Waals surface area contributed by atoms with Gasteiger partial charge in [-0.25, -0.2) is 8.42 Å². The molecule has 0 saturated carbocycles. The number of benzene rings is 2. The number of anilines is 1. The first-order chi connectivity index (χ1) is 11.3. The van der Waals surface area contributed by atoms with Crippen molar-refractivity contribution in [3.8, 4) is 0 Å². The third-order valence-corrected chi connectivity index (χ3v) is 5.99. The summed E-state index contributed by atoms with van der Waals surface area (Å²) in [5.41, 5.74) is 2.44. The summed E-state index contributed by atoms with van der Waals surface area (Å²) in [5, 5.41) is 1.53. The number of carbonyl (C=O) groups is 1. The second-order valence-electron chi connectivity index (χ2n) is 6.20. The van der Waals surface area contributed by atoms with Gasteiger partial charge >= 0.3 is 0 Å². The highest BCUT2D eigenvalue weighted by Crippen LogP contribution is 2.18. The van der Waals surface area contributed by atoms with Gasteiger partial charge in [-0.3, -0.25) is 4.79 Å². The summed E-state index contributed by atoms with van der Waals surface area (Å²) in [6.45, 7) is 5.60. The van der Waals surface area contributed by atoms with Crippen LogP contribution >= 0.6 is 0 Å². The third kappa shape index (κ3) is 4.68. The number of carbonyl (C=O) groups excluding carboxylic acids is 1. The van der Waals surface area contributed by atoms with Crippen LogP contribution in [-0.4, -0.2) is 19.6 Å². The predicted octanol–water partition coefficient (Wildman–Crippen LogP) is 3.75. The first-order valence-electron chi connectivity index (χ1n) is 7.96. The molecule has 0 aliphatic carbocycles. The van der Waals surface area contributed by atoms with Crippen molar-refractivity contribution in [2.24, 2.45) is 0 Å². The highest BCUT2D eigenvalue weighted by Gasteiger charge is 2.28. The lowest BCUT2D eigenvalue weighted by Gasteiger charge is -2.14. The van der Waals surface area contributed by atoms with Crippen LogP contribution in [-0.2, 0) is 20.4 Å². The van der Waals surface area contributed by atoms with E-state index in [-0.39, 0.29) is 5.75 Å². The van der Waals surface area contributed by atoms with Crippen molar-refractivity contribution in [3.63, 3.8) is 0 Å². The number of hydrogen-bond donors (Lipinski definition) is 1. The Morgan fingerprint density at radius 3 is 2.08 bits per heavy atom. The van der Waals surface area contributed by atoms with Crippen LogP contribution in [0.15, 0.2) is 54.6 Å². The first kappa shape index (κ1) is 18.2. The Hall–Kier alpha value is -2.14. The quantitative estimate of drug-likeness (QED) is 0.867. The van der Waals surface area contributed by atoms with Crippen LogP contribution in [0.25, 0.3) is 0 Å². The standard InChI is InChI=1S/C19H23NO3S/c1-14(2)17-11-9-16(10-12-17)13-24(22,23)15(3)19(21)20-18-7-5-4-6-8-18/h4-12,14-15H,13H2,1-3H3,(H,20,21). The lowest BCUT2D eigenvalue weighted by Crippen LogP contribution is -2.33. The molecule has 1 N–H and O–H groups in total. The maximum absolute atomic E-state index is 12.5. The summed E-state index contributed by atoms with van der Waals surface area (Å²) in [6, 6.07) is 16.3. The molecule has 0 aliphatic heterocycles. The van der Waals surface area contributed by atoms with Crippen LogP contribution in [0, 0.1) is 0 Å². The van der Waals surface area contributed by atoms with E-state index in [0.717, 1.165) is 5.56 Å². The maximum Gasteiger partial charge on any atom is 0.242 e. The van der Waals surface area contributed by atoms with E-state index in [4.69, 9.17) is 0 Å². The van der Waals surface area contributed by atoms with Crippen LogP contribution in [0.4, 0.5) is 5.69 Å². The smallest absolute Gasteiger partial charge is 0.242 e. The second-order valence-corrected chi connectivity index (χ2v) is 8.52. The van der Waals surface area contributed by atoms with Crippen molar-refractivity contribution < 1.29 is 13.2 Å². The van der Waals surface area contributed by atoms with Crippen LogP contribution < -0.4 is 5.32 Å². The van der Waals surface area contributed by atoms with E-state index in [1.165, 1.54) is 6.92 Å². The zero-order valence-electron chi connectivity index (χ0n) is 14.2. The molecule has 24 heavy (non-hydrogen) atoms. The lowest BCUT2D eigenvalue weighted by molar-refractivity contribution is -0.115. The molecule has 1 amide bonds. The molecular weight excluding hydrogens is 322 g/mol. The van der Waals surface area contributed by atoms with Gasteiger partial charge in [-0.05, 0) is 36.1 Å². The largest absolute Gasteiger partial charge is 0.325 e. The third-order valence-electron chi connectivity index (χ3n) is 3.96. The van der Waals surface area contributed by atoms with Crippen molar-refractivity contribution in [2.75, 3.05) is 5.32 Å². The van der Waals surface area contributed by atoms with Crippen LogP contribution in [0.2, 0.25) is 0 Å². The minimum Gasteiger partial charge on any atom is -0.325 e. The first-order valence-corrected chi connectivity index (χ1v) is 9.67. The summed E-state index contributed by atoms with van der Waals surface area (Å²) in [5.74, 6) is -0.263. The number of rotatable bonds is 6. The molecule has 0 spiro atoms. The zero-order chi connectivity index (χ0) is 17.7. The molecule has 0 aromatic heterocycles. The monoisotopic (exact) mass is 345 g/mol. The molecule has 4 nitrogen and oxygen atoms in total. The molecule has 2 aromatic carbocycles. The van der Waals surface area contributed by atoms with Gasteiger partial charge in [-0.2, -0.15) is 0 Å². The Bertz CT molecular complexity index is 781. The van der Waals surface area contributed by atoms with Crippen molar-refractivity contribution in [1.82, 2.24) is 0 Å². The lowest BCUT2D eigenvalue weighted by atomic mass is 10.0. The molecule has 0 aliphatic rings. The van der Waals surface area contributed by atoms with Crippen LogP contribution in [0.3, 0.4) is 0 Å². The highest BCUT2D eigenvalue weighted by atomic mass is 32.2. The number of sulfone groups is 1. The van der Waals surface area contributed by atoms with Gasteiger partial charge in [0.15, 0.2) is 9.84 Å². The molecule has 0 saturated heterocycles. The molecular formula is C19H23NO3S. The van der Waals surface area contributed by atoms with Crippen molar-refractivity contribution in [2.45, 2.75) is 37.7 Å². The van der Waals surface area contributed by atoms with E-state index >= 15 is 0 Å². The second kappa shape index (κ2) is 7.62. The fraction of sp³-hybridized carbons (Fsp3) is 0.316. The Labute approximate surface area is 143 Å². The number of hydrogen-bond acceptors (Lipinski definition) is 3. The fourth-order valence-electron chi connectivity index (χ4n) is 2.28. The number of nitrogens with one attached hydrogen (secondary N) is 1. The van der Waals surface area contributed by atoms with Gasteiger partial charge in [-0.15, -0.1) is 0 Å². The molecule has 0 fully saturated rings. The number of amides is 1. The van der Waals surface area contributed by atoms with Gasteiger partial charge in [0.05, 0.1) is 5.75 Å². The van der Waals surface area contributed by atoms with Crippen molar-refractivity contribution in [1.29, 1.82) is 0 Å². The van der Waals surface area contributed by atoms with E-state index in [2.05, 4.69) is 19.2 Å². The molecule has 1 unspecified atom stereocenters. The van der Waals surface area contributed by atoms with Crippen molar-refractivity contribution in [3.05, 3.63) is 65.7 Å². The molecule has 0 radical (unpaired) electrons. The van der Waals surface area contributed by atoms with Gasteiger partial charge in [0, 0.05) is 5.69 Å². The van der Waals surface area contributed by atoms with E-state index in [9.17, 15) is 13.2 Å². The maximum atomic E-state index is 12.5. The Kier molecular flexibility index (Phi) is 5.78. The van der Waals surface area contributed by atoms with E-state index in [1.54, 1.807) is 24.3 Å². The van der Waals surface area contributed by atoms with Gasteiger partial charge in [-0.1, -0.05) is 56.3 Å². The molecule has 0 bridgehead atoms. The number of para-hydroxylation sites is 1. The Morgan fingerprint density at radius 2 is 1.54 bits per heavy atom. The molecule has 2 rings (SSSR count). The van der Waals surface area contributed by atoms with E-state index in [1.807, 2.05) is 30.3 Å². The summed E-state index contributed by atoms with van der Waals surface area (Å²) >= 11 is 0. The van der Waals surface area contributed by atoms with Gasteiger partial charge < -0.3 is 5.32 Å². The summed E-state index contributed by atoms with van der Waals surface area (Å²) in [4.78, 5) is 12.2. The fourth-order valence-corrected chi connectivity index (χ4v) is 3.58. The highest BCUT2D eigenvalue weighted by molar-refractivity contribution is 7.92. The minimum atomic E-state index is -3.58. The summed E-state index contributed by atoms with van der Waals surface area (Å²) in [6.07, 6.45) is 0. The predicted molar refractivity (Wildman–Crippen MR) is 97.7 cm³/mol. The molecule has 128 valence electrons. The minimum absolute atomic E-state index is 0.144. The van der Waals surface area contributed by atoms with Gasteiger partial charge in [0.1, 0.15) is 5.25 Å². The molecule has 2 aromatic rings. The summed E-state index contributed by atoms with van der Waals surface area (Å²) in [7, 11) is -3.58. The Morgan fingerprint density at radius 1 is 0.958 bits per heavy atom. The van der Waals surface area contributed by atoms with Gasteiger partial charge in [0.2, 0.25) is 5.91 Å². The molecule has 1 atom stereocenters. The molecule has 5 heteroatoms. The molecule has 0 heterocycles.